The van der Waals surface area contributed by atoms with Gasteiger partial charge in [0.25, 0.3) is 0 Å². The maximum Gasteiger partial charge on any atom is 0.123 e. The lowest BCUT2D eigenvalue weighted by Gasteiger charge is -2.23. The van der Waals surface area contributed by atoms with Gasteiger partial charge in [-0.3, -0.25) is 0 Å². The van der Waals surface area contributed by atoms with Gasteiger partial charge in [0.1, 0.15) is 5.76 Å². The number of benzene rings is 1. The first kappa shape index (κ1) is 14.7. The first-order valence-electron chi connectivity index (χ1n) is 7.55. The van der Waals surface area contributed by atoms with Crippen LogP contribution in [0.1, 0.15) is 31.1 Å². The van der Waals surface area contributed by atoms with Gasteiger partial charge in [-0.25, -0.2) is 0 Å². The molecular formula is C17H21BrN2O. The second-order valence-electron chi connectivity index (χ2n) is 5.52. The van der Waals surface area contributed by atoms with Gasteiger partial charge in [-0.1, -0.05) is 22.0 Å². The molecule has 1 aliphatic rings. The Labute approximate surface area is 134 Å². The molecule has 3 nitrogen and oxygen atoms in total. The Kier molecular flexibility index (Phi) is 4.66. The van der Waals surface area contributed by atoms with Crippen LogP contribution in [0.25, 0.3) is 0 Å². The second-order valence-corrected chi connectivity index (χ2v) is 6.38. The largest absolute Gasteiger partial charge is 0.467 e. The van der Waals surface area contributed by atoms with E-state index >= 15 is 0 Å². The van der Waals surface area contributed by atoms with E-state index in [0.29, 0.717) is 0 Å². The number of furan rings is 1. The van der Waals surface area contributed by atoms with Crippen LogP contribution < -0.4 is 10.2 Å². The van der Waals surface area contributed by atoms with Crippen molar-refractivity contribution in [2.75, 3.05) is 11.4 Å². The highest BCUT2D eigenvalue weighted by Gasteiger charge is 2.20. The standard InChI is InChI=1S/C17H21BrN2O/c1-2-20(12-16-4-3-9-21-16)15-8-5-13(17(18)10-15)11-19-14-6-7-14/h3-5,8-10,14,19H,2,6-7,11-12H2,1H3. The van der Waals surface area contributed by atoms with Gasteiger partial charge in [-0.2, -0.15) is 0 Å². The van der Waals surface area contributed by atoms with Crippen LogP contribution in [-0.4, -0.2) is 12.6 Å². The molecule has 1 N–H and O–H groups in total. The molecule has 112 valence electrons. The molecule has 0 spiro atoms. The van der Waals surface area contributed by atoms with Crippen molar-refractivity contribution in [1.82, 2.24) is 5.32 Å². The fourth-order valence-corrected chi connectivity index (χ4v) is 2.90. The van der Waals surface area contributed by atoms with E-state index in [-0.39, 0.29) is 0 Å². The highest BCUT2D eigenvalue weighted by atomic mass is 79.9. The van der Waals surface area contributed by atoms with E-state index in [0.717, 1.165) is 31.4 Å². The quantitative estimate of drug-likeness (QED) is 0.807. The van der Waals surface area contributed by atoms with Crippen molar-refractivity contribution in [2.24, 2.45) is 0 Å². The molecule has 0 bridgehead atoms. The van der Waals surface area contributed by atoms with E-state index < -0.39 is 0 Å². The van der Waals surface area contributed by atoms with Gasteiger partial charge >= 0.3 is 0 Å². The van der Waals surface area contributed by atoms with E-state index in [1.54, 1.807) is 6.26 Å². The molecule has 21 heavy (non-hydrogen) atoms. The maximum atomic E-state index is 5.45. The lowest BCUT2D eigenvalue weighted by Crippen LogP contribution is -2.22. The van der Waals surface area contributed by atoms with Crippen LogP contribution in [0.5, 0.6) is 0 Å². The van der Waals surface area contributed by atoms with Crippen LogP contribution in [-0.2, 0) is 13.1 Å². The molecule has 1 aromatic carbocycles. The van der Waals surface area contributed by atoms with Gasteiger partial charge in [0, 0.05) is 29.3 Å². The number of rotatable bonds is 7. The third-order valence-corrected chi connectivity index (χ3v) is 4.61. The van der Waals surface area contributed by atoms with Crippen molar-refractivity contribution in [3.8, 4) is 0 Å². The van der Waals surface area contributed by atoms with Crippen molar-refractivity contribution in [3.05, 3.63) is 52.4 Å². The molecule has 1 aromatic heterocycles. The molecule has 3 rings (SSSR count). The number of nitrogens with one attached hydrogen (secondary N) is 1. The molecular weight excluding hydrogens is 328 g/mol. The van der Waals surface area contributed by atoms with Crippen molar-refractivity contribution in [1.29, 1.82) is 0 Å². The summed E-state index contributed by atoms with van der Waals surface area (Å²) < 4.78 is 6.62. The van der Waals surface area contributed by atoms with E-state index in [4.69, 9.17) is 4.42 Å². The summed E-state index contributed by atoms with van der Waals surface area (Å²) in [5, 5.41) is 3.55. The summed E-state index contributed by atoms with van der Waals surface area (Å²) >= 11 is 3.70. The summed E-state index contributed by atoms with van der Waals surface area (Å²) in [4.78, 5) is 2.31. The zero-order chi connectivity index (χ0) is 14.7. The van der Waals surface area contributed by atoms with E-state index in [1.807, 2.05) is 12.1 Å². The first-order valence-corrected chi connectivity index (χ1v) is 8.34. The molecule has 4 heteroatoms. The fourth-order valence-electron chi connectivity index (χ4n) is 2.39. The SMILES string of the molecule is CCN(Cc1ccco1)c1ccc(CNC2CC2)c(Br)c1. The molecule has 0 radical (unpaired) electrons. The minimum Gasteiger partial charge on any atom is -0.467 e. The Balaban J connectivity index is 1.69. The normalized spacial score (nSPS) is 14.4. The first-order chi connectivity index (χ1) is 10.3. The fraction of sp³-hybridized carbons (Fsp3) is 0.412. The number of hydrogen-bond acceptors (Lipinski definition) is 3. The van der Waals surface area contributed by atoms with Crippen molar-refractivity contribution in [2.45, 2.75) is 38.9 Å². The van der Waals surface area contributed by atoms with Gasteiger partial charge in [0.15, 0.2) is 0 Å². The van der Waals surface area contributed by atoms with Crippen LogP contribution in [0.15, 0.2) is 45.5 Å². The van der Waals surface area contributed by atoms with Crippen LogP contribution in [0.3, 0.4) is 0 Å². The van der Waals surface area contributed by atoms with Crippen LogP contribution in [0.4, 0.5) is 5.69 Å². The predicted molar refractivity (Wildman–Crippen MR) is 89.4 cm³/mol. The number of anilines is 1. The Bertz CT molecular complexity index is 578. The second kappa shape index (κ2) is 6.67. The van der Waals surface area contributed by atoms with E-state index in [2.05, 4.69) is 51.3 Å². The Morgan fingerprint density at radius 2 is 2.19 bits per heavy atom. The van der Waals surface area contributed by atoms with Gasteiger partial charge in [0.05, 0.1) is 12.8 Å². The van der Waals surface area contributed by atoms with Gasteiger partial charge in [-0.15, -0.1) is 0 Å². The molecule has 1 saturated carbocycles. The molecule has 1 aliphatic carbocycles. The summed E-state index contributed by atoms with van der Waals surface area (Å²) in [7, 11) is 0. The van der Waals surface area contributed by atoms with Crippen LogP contribution >= 0.6 is 15.9 Å². The molecule has 0 aliphatic heterocycles. The summed E-state index contributed by atoms with van der Waals surface area (Å²) in [6.07, 6.45) is 4.37. The number of hydrogen-bond donors (Lipinski definition) is 1. The third kappa shape index (κ3) is 3.89. The van der Waals surface area contributed by atoms with Gasteiger partial charge < -0.3 is 14.6 Å². The maximum absolute atomic E-state index is 5.45. The summed E-state index contributed by atoms with van der Waals surface area (Å²) in [6, 6.07) is 11.3. The average molecular weight is 349 g/mol. The van der Waals surface area contributed by atoms with Crippen molar-refractivity contribution in [3.63, 3.8) is 0 Å². The highest BCUT2D eigenvalue weighted by molar-refractivity contribution is 9.10. The highest BCUT2D eigenvalue weighted by Crippen LogP contribution is 2.27. The van der Waals surface area contributed by atoms with Gasteiger partial charge in [-0.05, 0) is 49.6 Å². The average Bonchev–Trinajstić information content (AvgIpc) is 3.18. The summed E-state index contributed by atoms with van der Waals surface area (Å²) in [5.74, 6) is 0.993. The van der Waals surface area contributed by atoms with E-state index in [1.165, 1.54) is 28.6 Å². The molecule has 0 unspecified atom stereocenters. The van der Waals surface area contributed by atoms with Crippen LogP contribution in [0, 0.1) is 0 Å². The monoisotopic (exact) mass is 348 g/mol. The number of halogens is 1. The van der Waals surface area contributed by atoms with Gasteiger partial charge in [0.2, 0.25) is 0 Å². The van der Waals surface area contributed by atoms with Crippen LogP contribution in [0.2, 0.25) is 0 Å². The minimum atomic E-state index is 0.739. The predicted octanol–water partition coefficient (Wildman–Crippen LogP) is 4.32. The lowest BCUT2D eigenvalue weighted by atomic mass is 10.2. The summed E-state index contributed by atoms with van der Waals surface area (Å²) in [6.45, 7) is 4.86. The molecule has 1 heterocycles. The number of nitrogens with zero attached hydrogens (tertiary/aromatic N) is 1. The zero-order valence-corrected chi connectivity index (χ0v) is 13.9. The van der Waals surface area contributed by atoms with Crippen molar-refractivity contribution >= 4 is 21.6 Å². The Hall–Kier alpha value is -1.26. The van der Waals surface area contributed by atoms with Crippen molar-refractivity contribution < 1.29 is 4.42 Å². The summed E-state index contributed by atoms with van der Waals surface area (Å²) in [5.41, 5.74) is 2.54. The topological polar surface area (TPSA) is 28.4 Å². The molecule has 2 aromatic rings. The minimum absolute atomic E-state index is 0.739. The molecule has 0 amide bonds. The Morgan fingerprint density at radius 1 is 1.33 bits per heavy atom. The third-order valence-electron chi connectivity index (χ3n) is 3.87. The smallest absolute Gasteiger partial charge is 0.123 e. The molecule has 0 saturated heterocycles. The molecule has 0 atom stereocenters. The molecule has 1 fully saturated rings. The van der Waals surface area contributed by atoms with E-state index in [9.17, 15) is 0 Å². The Morgan fingerprint density at radius 3 is 2.81 bits per heavy atom. The zero-order valence-electron chi connectivity index (χ0n) is 12.3. The lowest BCUT2D eigenvalue weighted by molar-refractivity contribution is 0.503.